The summed E-state index contributed by atoms with van der Waals surface area (Å²) >= 11 is 10.7. The van der Waals surface area contributed by atoms with E-state index >= 15 is 0 Å². The number of benzene rings is 1. The lowest BCUT2D eigenvalue weighted by molar-refractivity contribution is 0.0940. The van der Waals surface area contributed by atoms with Crippen LogP contribution in [0.25, 0.3) is 0 Å². The van der Waals surface area contributed by atoms with Crippen molar-refractivity contribution < 1.29 is 4.79 Å². The normalized spacial score (nSPS) is 12.2. The third-order valence-corrected chi connectivity index (χ3v) is 4.42. The molecule has 1 N–H and O–H groups in total. The zero-order valence-corrected chi connectivity index (χ0v) is 13.5. The Bertz CT molecular complexity index is 567. The van der Waals surface area contributed by atoms with Crippen molar-refractivity contribution in [3.05, 3.63) is 55.6 Å². The van der Waals surface area contributed by atoms with Gasteiger partial charge in [-0.05, 0) is 53.0 Å². The summed E-state index contributed by atoms with van der Waals surface area (Å²) in [6.45, 7) is 1.99. The first-order valence-corrected chi connectivity index (χ1v) is 7.89. The van der Waals surface area contributed by atoms with Crippen LogP contribution in [0.1, 0.15) is 22.8 Å². The van der Waals surface area contributed by atoms with Gasteiger partial charge < -0.3 is 5.32 Å². The number of carbonyl (C=O) groups is 1. The maximum Gasteiger partial charge on any atom is 0.252 e. The zero-order valence-electron chi connectivity index (χ0n) is 10.3. The molecule has 0 aliphatic heterocycles. The SMILES string of the molecule is CC(Cc1ccc(Cl)cc1)NC(=O)c1csc(Br)c1. The van der Waals surface area contributed by atoms with Gasteiger partial charge in [0.05, 0.1) is 9.35 Å². The van der Waals surface area contributed by atoms with Gasteiger partial charge >= 0.3 is 0 Å². The number of halogens is 2. The molecule has 1 heterocycles. The summed E-state index contributed by atoms with van der Waals surface area (Å²) in [4.78, 5) is 12.0. The molecule has 2 rings (SSSR count). The highest BCUT2D eigenvalue weighted by atomic mass is 79.9. The minimum atomic E-state index is -0.0385. The molecule has 2 aromatic rings. The van der Waals surface area contributed by atoms with Crippen LogP contribution in [0.3, 0.4) is 0 Å². The van der Waals surface area contributed by atoms with Crippen LogP contribution in [-0.2, 0) is 6.42 Å². The summed E-state index contributed by atoms with van der Waals surface area (Å²) in [6, 6.07) is 9.59. The molecule has 19 heavy (non-hydrogen) atoms. The number of carbonyl (C=O) groups excluding carboxylic acids is 1. The molecule has 0 saturated carbocycles. The van der Waals surface area contributed by atoms with Crippen molar-refractivity contribution in [3.63, 3.8) is 0 Å². The quantitative estimate of drug-likeness (QED) is 0.855. The van der Waals surface area contributed by atoms with Crippen molar-refractivity contribution >= 4 is 44.8 Å². The highest BCUT2D eigenvalue weighted by Gasteiger charge is 2.11. The summed E-state index contributed by atoms with van der Waals surface area (Å²) in [5.74, 6) is -0.0385. The van der Waals surface area contributed by atoms with Crippen LogP contribution in [-0.4, -0.2) is 11.9 Å². The second-order valence-corrected chi connectivity index (χ2v) is 7.07. The number of rotatable bonds is 4. The van der Waals surface area contributed by atoms with E-state index in [1.165, 1.54) is 11.3 Å². The van der Waals surface area contributed by atoms with Gasteiger partial charge in [0.2, 0.25) is 0 Å². The van der Waals surface area contributed by atoms with Gasteiger partial charge in [-0.1, -0.05) is 23.7 Å². The first-order valence-electron chi connectivity index (χ1n) is 5.84. The molecule has 0 radical (unpaired) electrons. The van der Waals surface area contributed by atoms with E-state index in [1.54, 1.807) is 0 Å². The lowest BCUT2D eigenvalue weighted by Gasteiger charge is -2.13. The molecule has 0 aliphatic rings. The minimum Gasteiger partial charge on any atom is -0.349 e. The number of thiophene rings is 1. The Labute approximate surface area is 129 Å². The molecule has 2 nitrogen and oxygen atoms in total. The van der Waals surface area contributed by atoms with Gasteiger partial charge in [0, 0.05) is 16.4 Å². The van der Waals surface area contributed by atoms with E-state index in [9.17, 15) is 4.79 Å². The van der Waals surface area contributed by atoms with Crippen LogP contribution < -0.4 is 5.32 Å². The molecule has 1 aromatic carbocycles. The lowest BCUT2D eigenvalue weighted by Crippen LogP contribution is -2.33. The fourth-order valence-corrected chi connectivity index (χ4v) is 3.02. The average Bonchev–Trinajstić information content (AvgIpc) is 2.79. The van der Waals surface area contributed by atoms with E-state index in [0.717, 1.165) is 20.8 Å². The molecule has 1 amide bonds. The van der Waals surface area contributed by atoms with Gasteiger partial charge in [-0.2, -0.15) is 0 Å². The summed E-state index contributed by atoms with van der Waals surface area (Å²) in [5.41, 5.74) is 1.85. The Balaban J connectivity index is 1.92. The van der Waals surface area contributed by atoms with Gasteiger partial charge in [-0.25, -0.2) is 0 Å². The Hall–Kier alpha value is -0.840. The van der Waals surface area contributed by atoms with Gasteiger partial charge in [-0.3, -0.25) is 4.79 Å². The van der Waals surface area contributed by atoms with Gasteiger partial charge in [0.25, 0.3) is 5.91 Å². The molecule has 0 spiro atoms. The molecule has 5 heteroatoms. The van der Waals surface area contributed by atoms with E-state index in [2.05, 4.69) is 21.2 Å². The maximum absolute atomic E-state index is 12.0. The van der Waals surface area contributed by atoms with Crippen LogP contribution in [0.5, 0.6) is 0 Å². The Morgan fingerprint density at radius 3 is 2.68 bits per heavy atom. The average molecular weight is 359 g/mol. The monoisotopic (exact) mass is 357 g/mol. The highest BCUT2D eigenvalue weighted by Crippen LogP contribution is 2.20. The molecule has 0 fully saturated rings. The van der Waals surface area contributed by atoms with Crippen molar-refractivity contribution in [1.29, 1.82) is 0 Å². The fraction of sp³-hybridized carbons (Fsp3) is 0.214. The number of hydrogen-bond acceptors (Lipinski definition) is 2. The Morgan fingerprint density at radius 2 is 2.11 bits per heavy atom. The number of nitrogens with one attached hydrogen (secondary N) is 1. The third kappa shape index (κ3) is 4.34. The molecule has 0 bridgehead atoms. The largest absolute Gasteiger partial charge is 0.349 e. The van der Waals surface area contributed by atoms with E-state index in [4.69, 9.17) is 11.6 Å². The van der Waals surface area contributed by atoms with Crippen molar-refractivity contribution in [2.24, 2.45) is 0 Å². The highest BCUT2D eigenvalue weighted by molar-refractivity contribution is 9.11. The predicted molar refractivity (Wildman–Crippen MR) is 84.1 cm³/mol. The standard InChI is InChI=1S/C14H13BrClNOS/c1-9(6-10-2-4-12(16)5-3-10)17-14(18)11-7-13(15)19-8-11/h2-5,7-9H,6H2,1H3,(H,17,18). The second-order valence-electron chi connectivity index (χ2n) is 4.34. The Kier molecular flexibility index (Phi) is 5.02. The molecule has 1 atom stereocenters. The molecular formula is C14H13BrClNOS. The van der Waals surface area contributed by atoms with Crippen molar-refractivity contribution in [2.75, 3.05) is 0 Å². The van der Waals surface area contributed by atoms with E-state index < -0.39 is 0 Å². The fourth-order valence-electron chi connectivity index (χ4n) is 1.76. The molecule has 0 saturated heterocycles. The molecular weight excluding hydrogens is 346 g/mol. The zero-order chi connectivity index (χ0) is 13.8. The molecule has 0 aliphatic carbocycles. The topological polar surface area (TPSA) is 29.1 Å². The third-order valence-electron chi connectivity index (χ3n) is 2.66. The van der Waals surface area contributed by atoms with E-state index in [-0.39, 0.29) is 11.9 Å². The summed E-state index contributed by atoms with van der Waals surface area (Å²) in [6.07, 6.45) is 0.786. The maximum atomic E-state index is 12.0. The second kappa shape index (κ2) is 6.55. The van der Waals surface area contributed by atoms with Crippen LogP contribution in [0.2, 0.25) is 5.02 Å². The van der Waals surface area contributed by atoms with Gasteiger partial charge in [-0.15, -0.1) is 11.3 Å². The van der Waals surface area contributed by atoms with Crippen molar-refractivity contribution in [2.45, 2.75) is 19.4 Å². The smallest absolute Gasteiger partial charge is 0.252 e. The van der Waals surface area contributed by atoms with Crippen LogP contribution in [0, 0.1) is 0 Å². The van der Waals surface area contributed by atoms with Crippen LogP contribution >= 0.6 is 38.9 Å². The van der Waals surface area contributed by atoms with Crippen LogP contribution in [0.15, 0.2) is 39.5 Å². The molecule has 1 aromatic heterocycles. The summed E-state index contributed by atoms with van der Waals surface area (Å²) in [5, 5.41) is 5.55. The van der Waals surface area contributed by atoms with Gasteiger partial charge in [0.1, 0.15) is 0 Å². The van der Waals surface area contributed by atoms with Gasteiger partial charge in [0.15, 0.2) is 0 Å². The van der Waals surface area contributed by atoms with Crippen molar-refractivity contribution in [3.8, 4) is 0 Å². The van der Waals surface area contributed by atoms with Crippen LogP contribution in [0.4, 0.5) is 0 Å². The summed E-state index contributed by atoms with van der Waals surface area (Å²) in [7, 11) is 0. The number of hydrogen-bond donors (Lipinski definition) is 1. The van der Waals surface area contributed by atoms with E-state index in [1.807, 2.05) is 42.6 Å². The van der Waals surface area contributed by atoms with E-state index in [0.29, 0.717) is 5.56 Å². The number of amides is 1. The predicted octanol–water partition coefficient (Wildman–Crippen LogP) is 4.53. The first kappa shape index (κ1) is 14.6. The summed E-state index contributed by atoms with van der Waals surface area (Å²) < 4.78 is 0.961. The lowest BCUT2D eigenvalue weighted by atomic mass is 10.1. The Morgan fingerprint density at radius 1 is 1.42 bits per heavy atom. The van der Waals surface area contributed by atoms with Crippen molar-refractivity contribution in [1.82, 2.24) is 5.32 Å². The first-order chi connectivity index (χ1) is 9.04. The molecule has 100 valence electrons. The molecule has 1 unspecified atom stereocenters. The minimum absolute atomic E-state index is 0.0385.